The molecule has 1 aliphatic carbocycles. The highest BCUT2D eigenvalue weighted by molar-refractivity contribution is 6.20. The lowest BCUT2D eigenvalue weighted by atomic mass is 9.75. The predicted octanol–water partition coefficient (Wildman–Crippen LogP) is 4.17. The lowest BCUT2D eigenvalue weighted by Gasteiger charge is -2.55. The Morgan fingerprint density at radius 3 is 2.67 bits per heavy atom. The number of fused-ring (bicyclic) bond motifs is 1. The van der Waals surface area contributed by atoms with Crippen molar-refractivity contribution >= 4 is 17.4 Å². The molecule has 1 saturated carbocycles. The molecule has 1 saturated heterocycles. The number of likely N-dealkylation sites (tertiary alicyclic amines) is 1. The number of carbonyl (C=O) groups excluding carboxylic acids is 1. The minimum atomic E-state index is -0.618. The van der Waals surface area contributed by atoms with Gasteiger partial charge in [0.25, 0.3) is 0 Å². The standard InChI is InChI=1S/C20H26ClN2O/c1-2-23(13-12-17(21)16-10-6-7-11-18(16)23)19(14-22)20(24)15-8-4-3-5-9-15/h3-5,8-9,16-19H,2,6-7,10-13H2,1H3/q+1. The van der Waals surface area contributed by atoms with Gasteiger partial charge in [-0.15, -0.1) is 11.6 Å². The van der Waals surface area contributed by atoms with Crippen molar-refractivity contribution < 1.29 is 9.28 Å². The van der Waals surface area contributed by atoms with Gasteiger partial charge in [0.2, 0.25) is 11.8 Å². The topological polar surface area (TPSA) is 40.9 Å². The molecule has 1 aromatic carbocycles. The molecule has 0 N–H and O–H groups in total. The Bertz CT molecular complexity index is 626. The number of ketones is 1. The molecule has 0 aromatic heterocycles. The normalized spacial score (nSPS) is 34.0. The van der Waals surface area contributed by atoms with E-state index in [1.165, 1.54) is 12.8 Å². The summed E-state index contributed by atoms with van der Waals surface area (Å²) in [4.78, 5) is 13.1. The van der Waals surface area contributed by atoms with E-state index >= 15 is 0 Å². The third kappa shape index (κ3) is 2.87. The van der Waals surface area contributed by atoms with Gasteiger partial charge in [0.1, 0.15) is 6.07 Å². The Kier molecular flexibility index (Phi) is 5.27. The van der Waals surface area contributed by atoms with E-state index in [4.69, 9.17) is 11.6 Å². The number of carbonyl (C=O) groups is 1. The fourth-order valence-corrected chi connectivity index (χ4v) is 5.40. The molecule has 5 unspecified atom stereocenters. The lowest BCUT2D eigenvalue weighted by Crippen LogP contribution is -2.69. The molecule has 24 heavy (non-hydrogen) atoms. The minimum Gasteiger partial charge on any atom is -0.300 e. The fourth-order valence-electron chi connectivity index (χ4n) is 5.01. The molecule has 0 bridgehead atoms. The Morgan fingerprint density at radius 1 is 1.29 bits per heavy atom. The van der Waals surface area contributed by atoms with E-state index in [1.54, 1.807) is 0 Å². The molecular weight excluding hydrogens is 320 g/mol. The van der Waals surface area contributed by atoms with Crippen molar-refractivity contribution in [3.8, 4) is 6.07 Å². The van der Waals surface area contributed by atoms with Crippen molar-refractivity contribution in [3.05, 3.63) is 35.9 Å². The summed E-state index contributed by atoms with van der Waals surface area (Å²) in [5, 5.41) is 10.1. The molecule has 0 spiro atoms. The van der Waals surface area contributed by atoms with Crippen molar-refractivity contribution in [2.45, 2.75) is 56.5 Å². The van der Waals surface area contributed by atoms with Crippen LogP contribution in [0.15, 0.2) is 30.3 Å². The number of nitrogens with zero attached hydrogens (tertiary/aromatic N) is 2. The summed E-state index contributed by atoms with van der Waals surface area (Å²) in [7, 11) is 0. The number of benzene rings is 1. The van der Waals surface area contributed by atoms with Crippen LogP contribution in [0.2, 0.25) is 0 Å². The van der Waals surface area contributed by atoms with Gasteiger partial charge < -0.3 is 4.48 Å². The van der Waals surface area contributed by atoms with E-state index < -0.39 is 6.04 Å². The van der Waals surface area contributed by atoms with Gasteiger partial charge in [-0.25, -0.2) is 0 Å². The first-order valence-electron chi connectivity index (χ1n) is 9.13. The monoisotopic (exact) mass is 345 g/mol. The first kappa shape index (κ1) is 17.5. The quantitative estimate of drug-likeness (QED) is 0.467. The molecule has 2 fully saturated rings. The summed E-state index contributed by atoms with van der Waals surface area (Å²) in [6.07, 6.45) is 5.52. The molecule has 1 heterocycles. The Morgan fingerprint density at radius 2 is 2.00 bits per heavy atom. The number of alkyl halides is 1. The van der Waals surface area contributed by atoms with Gasteiger partial charge in [-0.05, 0) is 26.2 Å². The van der Waals surface area contributed by atoms with Crippen LogP contribution in [0, 0.1) is 17.2 Å². The van der Waals surface area contributed by atoms with Crippen LogP contribution in [0.25, 0.3) is 0 Å². The Labute approximate surface area is 149 Å². The molecular formula is C20H26ClN2O+. The van der Waals surface area contributed by atoms with E-state index in [1.807, 2.05) is 30.3 Å². The second kappa shape index (κ2) is 7.25. The van der Waals surface area contributed by atoms with Crippen LogP contribution in [0.3, 0.4) is 0 Å². The van der Waals surface area contributed by atoms with Crippen molar-refractivity contribution in [1.29, 1.82) is 5.26 Å². The van der Waals surface area contributed by atoms with Gasteiger partial charge in [0.05, 0.1) is 19.1 Å². The number of quaternary nitrogens is 1. The van der Waals surface area contributed by atoms with Gasteiger partial charge in [-0.2, -0.15) is 5.26 Å². The number of rotatable bonds is 4. The molecule has 4 heteroatoms. The first-order valence-corrected chi connectivity index (χ1v) is 9.57. The predicted molar refractivity (Wildman–Crippen MR) is 95.8 cm³/mol. The average molecular weight is 346 g/mol. The summed E-state index contributed by atoms with van der Waals surface area (Å²) in [5.41, 5.74) is 0.648. The first-order chi connectivity index (χ1) is 11.6. The summed E-state index contributed by atoms with van der Waals surface area (Å²) in [5.74, 6) is 0.408. The zero-order chi connectivity index (χ0) is 17.2. The largest absolute Gasteiger partial charge is 0.300 e. The van der Waals surface area contributed by atoms with Crippen LogP contribution >= 0.6 is 11.6 Å². The highest BCUT2D eigenvalue weighted by atomic mass is 35.5. The third-order valence-electron chi connectivity index (χ3n) is 6.26. The molecule has 5 atom stereocenters. The van der Waals surface area contributed by atoms with Gasteiger partial charge in [0, 0.05) is 23.3 Å². The maximum atomic E-state index is 13.1. The van der Waals surface area contributed by atoms with Crippen molar-refractivity contribution in [2.75, 3.05) is 13.1 Å². The van der Waals surface area contributed by atoms with E-state index in [2.05, 4.69) is 13.0 Å². The number of piperidine rings is 1. The number of nitriles is 1. The summed E-state index contributed by atoms with van der Waals surface area (Å²) in [6, 6.07) is 11.4. The smallest absolute Gasteiger partial charge is 0.240 e. The molecule has 0 amide bonds. The van der Waals surface area contributed by atoms with Gasteiger partial charge in [0.15, 0.2) is 0 Å². The van der Waals surface area contributed by atoms with E-state index in [0.717, 1.165) is 32.4 Å². The summed E-state index contributed by atoms with van der Waals surface area (Å²) in [6.45, 7) is 3.78. The van der Waals surface area contributed by atoms with Crippen molar-refractivity contribution in [2.24, 2.45) is 5.92 Å². The van der Waals surface area contributed by atoms with Crippen molar-refractivity contribution in [1.82, 2.24) is 0 Å². The maximum Gasteiger partial charge on any atom is 0.240 e. The van der Waals surface area contributed by atoms with Crippen molar-refractivity contribution in [3.63, 3.8) is 0 Å². The number of likely N-dealkylation sites (N-methyl/N-ethyl adjacent to an activating group) is 1. The number of Topliss-reactive ketones (excluding diaryl/α,β-unsaturated/α-hetero) is 1. The molecule has 2 aliphatic rings. The van der Waals surface area contributed by atoms with Gasteiger partial charge in [-0.1, -0.05) is 36.8 Å². The molecule has 1 aromatic rings. The SMILES string of the molecule is CC[N+]1(C(C#N)C(=O)c2ccccc2)CCC(Cl)C2CCCCC21. The molecule has 0 radical (unpaired) electrons. The van der Waals surface area contributed by atoms with Crippen LogP contribution < -0.4 is 0 Å². The maximum absolute atomic E-state index is 13.1. The van der Waals surface area contributed by atoms with Crippen LogP contribution in [-0.2, 0) is 0 Å². The average Bonchev–Trinajstić information content (AvgIpc) is 2.65. The number of halogens is 1. The van der Waals surface area contributed by atoms with Gasteiger partial charge >= 0.3 is 0 Å². The third-order valence-corrected chi connectivity index (χ3v) is 6.80. The number of hydrogen-bond acceptors (Lipinski definition) is 2. The minimum absolute atomic E-state index is 0.0303. The molecule has 3 rings (SSSR count). The molecule has 128 valence electrons. The fraction of sp³-hybridized carbons (Fsp3) is 0.600. The zero-order valence-electron chi connectivity index (χ0n) is 14.3. The van der Waals surface area contributed by atoms with Crippen LogP contribution in [-0.4, -0.2) is 40.8 Å². The summed E-state index contributed by atoms with van der Waals surface area (Å²) >= 11 is 6.64. The zero-order valence-corrected chi connectivity index (χ0v) is 15.1. The molecule has 3 nitrogen and oxygen atoms in total. The Balaban J connectivity index is 1.98. The van der Waals surface area contributed by atoms with Crippen LogP contribution in [0.4, 0.5) is 0 Å². The van der Waals surface area contributed by atoms with Gasteiger partial charge in [-0.3, -0.25) is 4.79 Å². The van der Waals surface area contributed by atoms with E-state index in [9.17, 15) is 10.1 Å². The highest BCUT2D eigenvalue weighted by Gasteiger charge is 2.54. The van der Waals surface area contributed by atoms with E-state index in [0.29, 0.717) is 22.0 Å². The second-order valence-electron chi connectivity index (χ2n) is 7.23. The number of hydrogen-bond donors (Lipinski definition) is 0. The van der Waals surface area contributed by atoms with E-state index in [-0.39, 0.29) is 11.2 Å². The van der Waals surface area contributed by atoms with Crippen LogP contribution in [0.5, 0.6) is 0 Å². The van der Waals surface area contributed by atoms with Crippen LogP contribution in [0.1, 0.15) is 49.4 Å². The molecule has 1 aliphatic heterocycles. The highest BCUT2D eigenvalue weighted by Crippen LogP contribution is 2.43. The lowest BCUT2D eigenvalue weighted by molar-refractivity contribution is -0.965. The summed E-state index contributed by atoms with van der Waals surface area (Å²) < 4.78 is 0.609. The Hall–Kier alpha value is -1.37. The second-order valence-corrected chi connectivity index (χ2v) is 7.79.